The van der Waals surface area contributed by atoms with E-state index in [2.05, 4.69) is 17.6 Å². The largest absolute Gasteiger partial charge is 0.456 e. The maximum atomic E-state index is 13.3. The third-order valence-corrected chi connectivity index (χ3v) is 11.0. The van der Waals surface area contributed by atoms with Crippen molar-refractivity contribution in [1.29, 1.82) is 0 Å². The average Bonchev–Trinajstić information content (AvgIpc) is 3.30. The number of amides is 1. The number of hydrogen-bond acceptors (Lipinski definition) is 8. The Bertz CT molecular complexity index is 876. The van der Waals surface area contributed by atoms with Gasteiger partial charge in [-0.1, -0.05) is 90.4 Å². The highest BCUT2D eigenvalue weighted by Gasteiger charge is 2.50. The lowest BCUT2D eigenvalue weighted by atomic mass is 9.92. The average molecular weight is 727 g/mol. The van der Waals surface area contributed by atoms with Gasteiger partial charge in [-0.2, -0.15) is 0 Å². The van der Waals surface area contributed by atoms with Crippen molar-refractivity contribution in [3.05, 3.63) is 0 Å². The van der Waals surface area contributed by atoms with Crippen LogP contribution in [-0.2, 0) is 19.1 Å². The van der Waals surface area contributed by atoms with Crippen molar-refractivity contribution in [3.63, 3.8) is 0 Å². The second-order valence-corrected chi connectivity index (χ2v) is 15.5. The van der Waals surface area contributed by atoms with E-state index in [9.17, 15) is 28.6 Å². The van der Waals surface area contributed by atoms with Crippen LogP contribution in [0.1, 0.15) is 142 Å². The fourth-order valence-corrected chi connectivity index (χ4v) is 7.81. The number of alkyl halides is 3. The summed E-state index contributed by atoms with van der Waals surface area (Å²) in [5.41, 5.74) is -0.760. The standard InChI is InChI=1S/C36H65ClF2N2O6S/c1-4-5-6-7-8-9-10-11-12-13-14-15-16-20-29(42)46-34-32(44)31(43)33(47-36(34)48-3)30(25(2)37)41-35(45)27-22-21-26(23-24-40-27)18-17-19-28(38)39/h25-28,30-34,36,40,43-44H,4-24H2,1-3H3,(H,41,45). The van der Waals surface area contributed by atoms with Gasteiger partial charge in [0, 0.05) is 12.8 Å². The highest BCUT2D eigenvalue weighted by molar-refractivity contribution is 7.99. The summed E-state index contributed by atoms with van der Waals surface area (Å²) in [6.07, 6.45) is 13.7. The van der Waals surface area contributed by atoms with Crippen LogP contribution in [0.15, 0.2) is 0 Å². The van der Waals surface area contributed by atoms with Crippen molar-refractivity contribution in [2.75, 3.05) is 12.8 Å². The maximum absolute atomic E-state index is 13.3. The molecule has 0 saturated carbocycles. The van der Waals surface area contributed by atoms with Gasteiger partial charge >= 0.3 is 5.97 Å². The van der Waals surface area contributed by atoms with Gasteiger partial charge < -0.3 is 30.3 Å². The van der Waals surface area contributed by atoms with Crippen molar-refractivity contribution in [3.8, 4) is 0 Å². The molecular weight excluding hydrogens is 662 g/mol. The van der Waals surface area contributed by atoms with Gasteiger partial charge in [0.2, 0.25) is 12.3 Å². The number of esters is 1. The highest BCUT2D eigenvalue weighted by Crippen LogP contribution is 2.33. The number of unbranched alkanes of at least 4 members (excludes halogenated alkanes) is 12. The van der Waals surface area contributed by atoms with E-state index in [0.717, 1.165) is 25.7 Å². The summed E-state index contributed by atoms with van der Waals surface area (Å²) in [6, 6.07) is -1.32. The molecule has 0 bridgehead atoms. The normalized spacial score (nSPS) is 27.7. The van der Waals surface area contributed by atoms with E-state index in [1.807, 2.05) is 0 Å². The molecule has 9 atom stereocenters. The molecule has 2 fully saturated rings. The number of carbonyl (C=O) groups excluding carboxylic acids is 2. The van der Waals surface area contributed by atoms with Gasteiger partial charge in [-0.15, -0.1) is 23.4 Å². The Balaban J connectivity index is 1.77. The summed E-state index contributed by atoms with van der Waals surface area (Å²) >= 11 is 7.76. The molecule has 2 heterocycles. The second kappa shape index (κ2) is 25.3. The van der Waals surface area contributed by atoms with Crippen LogP contribution in [-0.4, -0.2) is 88.6 Å². The number of ether oxygens (including phenoxy) is 2. The van der Waals surface area contributed by atoms with E-state index in [-0.39, 0.29) is 24.7 Å². The van der Waals surface area contributed by atoms with Gasteiger partial charge in [0.15, 0.2) is 6.10 Å². The fraction of sp³-hybridized carbons (Fsp3) is 0.944. The van der Waals surface area contributed by atoms with Gasteiger partial charge in [-0.25, -0.2) is 8.78 Å². The van der Waals surface area contributed by atoms with E-state index in [1.54, 1.807) is 13.2 Å². The summed E-state index contributed by atoms with van der Waals surface area (Å²) in [4.78, 5) is 26.0. The second-order valence-electron chi connectivity index (χ2n) is 13.9. The number of hydrogen-bond donors (Lipinski definition) is 4. The molecule has 48 heavy (non-hydrogen) atoms. The van der Waals surface area contributed by atoms with Crippen LogP contribution in [0.2, 0.25) is 0 Å². The molecule has 0 aromatic heterocycles. The van der Waals surface area contributed by atoms with Crippen LogP contribution in [0.5, 0.6) is 0 Å². The van der Waals surface area contributed by atoms with Crippen molar-refractivity contribution >= 4 is 35.2 Å². The van der Waals surface area contributed by atoms with Crippen molar-refractivity contribution in [2.24, 2.45) is 5.92 Å². The molecule has 8 nitrogen and oxygen atoms in total. The van der Waals surface area contributed by atoms with Crippen LogP contribution < -0.4 is 10.6 Å². The quantitative estimate of drug-likeness (QED) is 0.0459. The molecule has 4 N–H and O–H groups in total. The molecule has 2 rings (SSSR count). The Hall–Kier alpha value is -0.720. The number of thioether (sulfide) groups is 1. The Labute approximate surface area is 297 Å². The van der Waals surface area contributed by atoms with Gasteiger partial charge in [-0.05, 0) is 57.7 Å². The molecule has 282 valence electrons. The Morgan fingerprint density at radius 1 is 0.938 bits per heavy atom. The smallest absolute Gasteiger partial charge is 0.306 e. The molecule has 9 unspecified atom stereocenters. The molecule has 0 aromatic rings. The number of halogens is 3. The Morgan fingerprint density at radius 3 is 2.10 bits per heavy atom. The summed E-state index contributed by atoms with van der Waals surface area (Å²) in [7, 11) is 0. The third-order valence-electron chi connectivity index (χ3n) is 9.88. The zero-order valence-corrected chi connectivity index (χ0v) is 31.3. The minimum atomic E-state index is -2.29. The minimum absolute atomic E-state index is 0.102. The summed E-state index contributed by atoms with van der Waals surface area (Å²) in [5.74, 6) is -0.446. The molecule has 12 heteroatoms. The summed E-state index contributed by atoms with van der Waals surface area (Å²) in [6.45, 7) is 4.52. The monoisotopic (exact) mass is 726 g/mol. The lowest BCUT2D eigenvalue weighted by Crippen LogP contribution is -2.65. The number of aliphatic hydroxyl groups excluding tert-OH is 2. The summed E-state index contributed by atoms with van der Waals surface area (Å²) < 4.78 is 36.9. The first-order valence-corrected chi connectivity index (χ1v) is 20.5. The minimum Gasteiger partial charge on any atom is -0.456 e. The first-order valence-electron chi connectivity index (χ1n) is 18.8. The molecule has 0 aromatic carbocycles. The molecule has 2 aliphatic heterocycles. The third kappa shape index (κ3) is 16.5. The molecule has 2 aliphatic rings. The lowest BCUT2D eigenvalue weighted by Gasteiger charge is -2.45. The molecule has 1 amide bonds. The van der Waals surface area contributed by atoms with Crippen molar-refractivity contribution in [2.45, 2.75) is 196 Å². The van der Waals surface area contributed by atoms with Crippen LogP contribution >= 0.6 is 23.4 Å². The van der Waals surface area contributed by atoms with Gasteiger partial charge in [-0.3, -0.25) is 9.59 Å². The van der Waals surface area contributed by atoms with E-state index in [1.165, 1.54) is 76.0 Å². The molecular formula is C36H65ClF2N2O6S. The first kappa shape index (κ1) is 43.4. The number of aliphatic hydroxyl groups is 2. The number of nitrogens with one attached hydrogen (secondary N) is 2. The number of rotatable bonds is 24. The zero-order chi connectivity index (χ0) is 35.3. The lowest BCUT2D eigenvalue weighted by molar-refractivity contribution is -0.218. The van der Waals surface area contributed by atoms with E-state index < -0.39 is 59.7 Å². The van der Waals surface area contributed by atoms with E-state index in [0.29, 0.717) is 32.2 Å². The first-order chi connectivity index (χ1) is 23.1. The van der Waals surface area contributed by atoms with E-state index in [4.69, 9.17) is 21.1 Å². The van der Waals surface area contributed by atoms with Gasteiger partial charge in [0.05, 0.1) is 17.5 Å². The van der Waals surface area contributed by atoms with Gasteiger partial charge in [0.25, 0.3) is 0 Å². The molecule has 0 radical (unpaired) electrons. The van der Waals surface area contributed by atoms with Crippen LogP contribution in [0.25, 0.3) is 0 Å². The van der Waals surface area contributed by atoms with Crippen molar-refractivity contribution < 1.29 is 38.1 Å². The van der Waals surface area contributed by atoms with Crippen LogP contribution in [0.3, 0.4) is 0 Å². The molecule has 0 aliphatic carbocycles. The summed E-state index contributed by atoms with van der Waals surface area (Å²) in [5, 5.41) is 27.8. The van der Waals surface area contributed by atoms with Crippen LogP contribution in [0.4, 0.5) is 8.78 Å². The highest BCUT2D eigenvalue weighted by atomic mass is 35.5. The Morgan fingerprint density at radius 2 is 1.54 bits per heavy atom. The fourth-order valence-electron chi connectivity index (χ4n) is 6.88. The predicted molar refractivity (Wildman–Crippen MR) is 191 cm³/mol. The van der Waals surface area contributed by atoms with E-state index >= 15 is 0 Å². The number of carbonyl (C=O) groups is 2. The topological polar surface area (TPSA) is 117 Å². The predicted octanol–water partition coefficient (Wildman–Crippen LogP) is 7.50. The maximum Gasteiger partial charge on any atom is 0.306 e. The SMILES string of the molecule is CCCCCCCCCCCCCCCC(=O)OC1C(SC)OC(C(NC(=O)C2CCC(CCCC(F)F)CCN2)C(C)Cl)C(O)C1O. The molecule has 0 spiro atoms. The molecule has 2 saturated heterocycles. The zero-order valence-electron chi connectivity index (χ0n) is 29.7. The Kier molecular flexibility index (Phi) is 22.9. The van der Waals surface area contributed by atoms with Crippen LogP contribution in [0, 0.1) is 5.92 Å². The van der Waals surface area contributed by atoms with Crippen molar-refractivity contribution in [1.82, 2.24) is 10.6 Å². The van der Waals surface area contributed by atoms with Gasteiger partial charge in [0.1, 0.15) is 23.7 Å².